The molecule has 1 amide bonds. The van der Waals surface area contributed by atoms with Gasteiger partial charge in [0, 0.05) is 38.6 Å². The molecule has 3 heterocycles. The van der Waals surface area contributed by atoms with Gasteiger partial charge in [0.15, 0.2) is 0 Å². The van der Waals surface area contributed by atoms with Gasteiger partial charge in [-0.05, 0) is 30.9 Å². The van der Waals surface area contributed by atoms with Crippen LogP contribution in [0.25, 0.3) is 0 Å². The molecule has 2 saturated heterocycles. The highest BCUT2D eigenvalue weighted by Crippen LogP contribution is 2.31. The van der Waals surface area contributed by atoms with Crippen molar-refractivity contribution in [3.05, 3.63) is 30.1 Å². The topological polar surface area (TPSA) is 54.9 Å². The molecule has 6 heteroatoms. The number of amides is 1. The van der Waals surface area contributed by atoms with Gasteiger partial charge in [-0.15, -0.1) is 0 Å². The second-order valence-corrected chi connectivity index (χ2v) is 7.23. The minimum Gasteiger partial charge on any atom is -0.377 e. The van der Waals surface area contributed by atoms with E-state index in [4.69, 9.17) is 9.47 Å². The lowest BCUT2D eigenvalue weighted by Crippen LogP contribution is -2.60. The summed E-state index contributed by atoms with van der Waals surface area (Å²) in [4.78, 5) is 21.2. The van der Waals surface area contributed by atoms with E-state index in [2.05, 4.69) is 9.88 Å². The van der Waals surface area contributed by atoms with Gasteiger partial charge in [-0.1, -0.05) is 0 Å². The molecule has 1 saturated carbocycles. The van der Waals surface area contributed by atoms with E-state index in [1.807, 2.05) is 11.0 Å². The summed E-state index contributed by atoms with van der Waals surface area (Å²) in [6.07, 6.45) is 6.01. The molecule has 24 heavy (non-hydrogen) atoms. The summed E-state index contributed by atoms with van der Waals surface area (Å²) < 4.78 is 12.0. The van der Waals surface area contributed by atoms with Crippen molar-refractivity contribution in [2.45, 2.75) is 18.4 Å². The molecule has 130 valence electrons. The lowest BCUT2D eigenvalue weighted by atomic mass is 10.0. The highest BCUT2D eigenvalue weighted by atomic mass is 16.5. The molecule has 4 rings (SSSR count). The highest BCUT2D eigenvalue weighted by molar-refractivity contribution is 5.94. The Labute approximate surface area is 142 Å². The minimum absolute atomic E-state index is 0.0313. The molecule has 1 spiro atoms. The summed E-state index contributed by atoms with van der Waals surface area (Å²) in [6.45, 7) is 6.01. The predicted molar refractivity (Wildman–Crippen MR) is 88.8 cm³/mol. The molecule has 1 aliphatic carbocycles. The number of morpholine rings is 1. The third-order valence-corrected chi connectivity index (χ3v) is 5.09. The number of aromatic nitrogens is 1. The van der Waals surface area contributed by atoms with Gasteiger partial charge >= 0.3 is 0 Å². The van der Waals surface area contributed by atoms with Crippen molar-refractivity contribution in [3.63, 3.8) is 0 Å². The number of ether oxygens (including phenoxy) is 2. The van der Waals surface area contributed by atoms with Crippen LogP contribution in [0.4, 0.5) is 0 Å². The normalized spacial score (nSPS) is 28.8. The molecule has 1 aromatic heterocycles. The lowest BCUT2D eigenvalue weighted by molar-refractivity contribution is -0.133. The van der Waals surface area contributed by atoms with Gasteiger partial charge in [0.05, 0.1) is 31.9 Å². The van der Waals surface area contributed by atoms with Gasteiger partial charge in [0.1, 0.15) is 5.60 Å². The molecule has 1 unspecified atom stereocenters. The van der Waals surface area contributed by atoms with Crippen molar-refractivity contribution in [1.82, 2.24) is 14.8 Å². The predicted octanol–water partition coefficient (Wildman–Crippen LogP) is 1.03. The third kappa shape index (κ3) is 3.61. The average molecular weight is 331 g/mol. The van der Waals surface area contributed by atoms with E-state index >= 15 is 0 Å². The first-order chi connectivity index (χ1) is 11.7. The zero-order chi connectivity index (χ0) is 16.4. The van der Waals surface area contributed by atoms with Gasteiger partial charge in [0.2, 0.25) is 0 Å². The first-order valence-corrected chi connectivity index (χ1v) is 8.87. The Hall–Kier alpha value is -1.50. The quantitative estimate of drug-likeness (QED) is 0.828. The molecule has 1 atom stereocenters. The number of hydrogen-bond acceptors (Lipinski definition) is 5. The SMILES string of the molecule is O=C(c1cccnc1)N1CCOC2(COCCN(CC3CC3)C2)C1. The number of pyridine rings is 1. The molecule has 0 bridgehead atoms. The summed E-state index contributed by atoms with van der Waals surface area (Å²) in [5, 5.41) is 0. The minimum atomic E-state index is -0.401. The first kappa shape index (κ1) is 16.0. The zero-order valence-corrected chi connectivity index (χ0v) is 14.0. The Morgan fingerprint density at radius 1 is 1.29 bits per heavy atom. The van der Waals surface area contributed by atoms with Crippen molar-refractivity contribution in [1.29, 1.82) is 0 Å². The van der Waals surface area contributed by atoms with Crippen LogP contribution in [0.1, 0.15) is 23.2 Å². The largest absolute Gasteiger partial charge is 0.377 e. The van der Waals surface area contributed by atoms with Crippen LogP contribution in [0.5, 0.6) is 0 Å². The van der Waals surface area contributed by atoms with Crippen LogP contribution in [-0.2, 0) is 9.47 Å². The van der Waals surface area contributed by atoms with Crippen LogP contribution in [-0.4, -0.2) is 78.8 Å². The number of nitrogens with zero attached hydrogens (tertiary/aromatic N) is 3. The molecule has 1 aromatic rings. The molecule has 3 fully saturated rings. The van der Waals surface area contributed by atoms with Crippen molar-refractivity contribution in [2.24, 2.45) is 5.92 Å². The van der Waals surface area contributed by atoms with E-state index in [1.165, 1.54) is 12.8 Å². The van der Waals surface area contributed by atoms with Crippen molar-refractivity contribution in [2.75, 3.05) is 52.5 Å². The summed E-state index contributed by atoms with van der Waals surface area (Å²) in [5.41, 5.74) is 0.237. The van der Waals surface area contributed by atoms with Crippen molar-refractivity contribution < 1.29 is 14.3 Å². The Morgan fingerprint density at radius 3 is 3.00 bits per heavy atom. The Kier molecular flexibility index (Phi) is 4.52. The maximum atomic E-state index is 12.8. The molecular weight excluding hydrogens is 306 g/mol. The third-order valence-electron chi connectivity index (χ3n) is 5.09. The van der Waals surface area contributed by atoms with Gasteiger partial charge in [-0.25, -0.2) is 0 Å². The smallest absolute Gasteiger partial charge is 0.255 e. The Bertz CT molecular complexity index is 578. The van der Waals surface area contributed by atoms with Gasteiger partial charge < -0.3 is 14.4 Å². The second-order valence-electron chi connectivity index (χ2n) is 7.23. The maximum absolute atomic E-state index is 12.8. The average Bonchev–Trinajstić information content (AvgIpc) is 3.44. The number of rotatable bonds is 3. The highest BCUT2D eigenvalue weighted by Gasteiger charge is 2.42. The molecule has 0 radical (unpaired) electrons. The van der Waals surface area contributed by atoms with Gasteiger partial charge in [0.25, 0.3) is 5.91 Å². The van der Waals surface area contributed by atoms with Crippen LogP contribution < -0.4 is 0 Å². The van der Waals surface area contributed by atoms with Crippen molar-refractivity contribution in [3.8, 4) is 0 Å². The summed E-state index contributed by atoms with van der Waals surface area (Å²) in [6, 6.07) is 3.62. The molecule has 0 N–H and O–H groups in total. The molecular formula is C18H25N3O3. The van der Waals surface area contributed by atoms with Gasteiger partial charge in [-0.3, -0.25) is 14.7 Å². The fourth-order valence-corrected chi connectivity index (χ4v) is 3.68. The van der Waals surface area contributed by atoms with E-state index in [1.54, 1.807) is 18.5 Å². The van der Waals surface area contributed by atoms with E-state index in [-0.39, 0.29) is 5.91 Å². The van der Waals surface area contributed by atoms with E-state index in [0.717, 1.165) is 32.2 Å². The van der Waals surface area contributed by atoms with Crippen LogP contribution in [0.15, 0.2) is 24.5 Å². The second kappa shape index (κ2) is 6.78. The Morgan fingerprint density at radius 2 is 2.21 bits per heavy atom. The fraction of sp³-hybridized carbons (Fsp3) is 0.667. The monoisotopic (exact) mass is 331 g/mol. The van der Waals surface area contributed by atoms with Crippen LogP contribution in [0.2, 0.25) is 0 Å². The standard InChI is InChI=1S/C18H25N3O3/c22-17(16-2-1-5-19-10-16)21-7-9-24-18(13-21)12-20(6-8-23-14-18)11-15-3-4-15/h1-2,5,10,15H,3-4,6-9,11-14H2. The van der Waals surface area contributed by atoms with E-state index in [0.29, 0.717) is 31.9 Å². The summed E-state index contributed by atoms with van der Waals surface area (Å²) in [7, 11) is 0. The fourth-order valence-electron chi connectivity index (χ4n) is 3.68. The molecule has 3 aliphatic rings. The zero-order valence-electron chi connectivity index (χ0n) is 14.0. The van der Waals surface area contributed by atoms with Crippen LogP contribution in [0.3, 0.4) is 0 Å². The van der Waals surface area contributed by atoms with E-state index in [9.17, 15) is 4.79 Å². The molecule has 0 aromatic carbocycles. The number of carbonyl (C=O) groups excluding carboxylic acids is 1. The molecule has 2 aliphatic heterocycles. The first-order valence-electron chi connectivity index (χ1n) is 8.87. The summed E-state index contributed by atoms with van der Waals surface area (Å²) >= 11 is 0. The molecule has 6 nitrogen and oxygen atoms in total. The number of hydrogen-bond donors (Lipinski definition) is 0. The lowest BCUT2D eigenvalue weighted by Gasteiger charge is -2.43. The van der Waals surface area contributed by atoms with Gasteiger partial charge in [-0.2, -0.15) is 0 Å². The maximum Gasteiger partial charge on any atom is 0.255 e. The van der Waals surface area contributed by atoms with Crippen LogP contribution >= 0.6 is 0 Å². The van der Waals surface area contributed by atoms with E-state index < -0.39 is 5.60 Å². The number of carbonyl (C=O) groups is 1. The van der Waals surface area contributed by atoms with Crippen LogP contribution in [0, 0.1) is 5.92 Å². The summed E-state index contributed by atoms with van der Waals surface area (Å²) in [5.74, 6) is 0.876. The van der Waals surface area contributed by atoms with Crippen molar-refractivity contribution >= 4 is 5.91 Å². The Balaban J connectivity index is 1.46.